The molecule has 218 valence electrons. The third-order valence-corrected chi connectivity index (χ3v) is 6.45. The van der Waals surface area contributed by atoms with Gasteiger partial charge in [-0.05, 0) is 61.4 Å². The van der Waals surface area contributed by atoms with Gasteiger partial charge in [0.15, 0.2) is 0 Å². The van der Waals surface area contributed by atoms with E-state index in [9.17, 15) is 29.4 Å². The molecule has 40 heavy (non-hydrogen) atoms. The largest absolute Gasteiger partial charge is 0.508 e. The number of rotatable bonds is 16. The van der Waals surface area contributed by atoms with Crippen LogP contribution in [0.25, 0.3) is 0 Å². The van der Waals surface area contributed by atoms with Gasteiger partial charge in [-0.3, -0.25) is 14.4 Å². The Balaban J connectivity index is 2.20. The molecule has 0 unspecified atom stereocenters. The number of hydrogen-bond acceptors (Lipinski definition) is 7. The summed E-state index contributed by atoms with van der Waals surface area (Å²) in [6, 6.07) is 11.1. The Bertz CT molecular complexity index is 1110. The van der Waals surface area contributed by atoms with Gasteiger partial charge in [-0.2, -0.15) is 0 Å². The van der Waals surface area contributed by atoms with E-state index in [0.29, 0.717) is 19.4 Å². The number of carbonyl (C=O) groups excluding carboxylic acids is 3. The lowest BCUT2D eigenvalue weighted by Crippen LogP contribution is -2.58. The predicted molar refractivity (Wildman–Crippen MR) is 151 cm³/mol. The normalized spacial score (nSPS) is 14.0. The molecule has 2 rings (SSSR count). The van der Waals surface area contributed by atoms with E-state index in [2.05, 4.69) is 16.0 Å². The molecule has 0 fully saturated rings. The van der Waals surface area contributed by atoms with E-state index >= 15 is 0 Å². The number of unbranched alkanes of at least 4 members (excludes halogenated alkanes) is 1. The zero-order chi connectivity index (χ0) is 29.7. The monoisotopic (exact) mass is 555 g/mol. The molecular weight excluding hydrogens is 514 g/mol. The molecule has 0 heterocycles. The molecule has 0 spiro atoms. The first-order chi connectivity index (χ1) is 19.0. The number of phenolic OH excluding ortho intramolecular Hbond substituents is 1. The van der Waals surface area contributed by atoms with Gasteiger partial charge in [0.25, 0.3) is 0 Å². The van der Waals surface area contributed by atoms with Crippen molar-refractivity contribution >= 4 is 23.7 Å². The van der Waals surface area contributed by atoms with Gasteiger partial charge in [-0.15, -0.1) is 0 Å². The van der Waals surface area contributed by atoms with Gasteiger partial charge in [0.2, 0.25) is 17.7 Å². The van der Waals surface area contributed by atoms with Crippen LogP contribution < -0.4 is 27.4 Å². The zero-order valence-corrected chi connectivity index (χ0v) is 23.0. The summed E-state index contributed by atoms with van der Waals surface area (Å²) in [4.78, 5) is 51.3. The summed E-state index contributed by atoms with van der Waals surface area (Å²) in [5, 5.41) is 27.0. The summed E-state index contributed by atoms with van der Waals surface area (Å²) < 4.78 is 0. The number of aromatic hydroxyl groups is 1. The Morgan fingerprint density at radius 1 is 0.775 bits per heavy atom. The number of nitrogens with two attached hydrogens (primary N) is 2. The lowest BCUT2D eigenvalue weighted by atomic mass is 10.0. The minimum atomic E-state index is -1.18. The predicted octanol–water partition coefficient (Wildman–Crippen LogP) is 0.829. The maximum Gasteiger partial charge on any atom is 0.326 e. The Morgan fingerprint density at radius 2 is 1.35 bits per heavy atom. The Labute approximate surface area is 234 Å². The van der Waals surface area contributed by atoms with E-state index in [0.717, 1.165) is 11.1 Å². The van der Waals surface area contributed by atoms with Gasteiger partial charge in [0.1, 0.15) is 23.9 Å². The number of carboxylic acid groups (broad SMARTS) is 1. The fourth-order valence-electron chi connectivity index (χ4n) is 4.12. The lowest BCUT2D eigenvalue weighted by Gasteiger charge is -2.26. The van der Waals surface area contributed by atoms with Gasteiger partial charge in [-0.25, -0.2) is 4.79 Å². The van der Waals surface area contributed by atoms with Crippen LogP contribution in [0, 0.1) is 5.92 Å². The number of carbonyl (C=O) groups is 4. The molecule has 11 nitrogen and oxygen atoms in total. The average molecular weight is 556 g/mol. The molecule has 4 atom stereocenters. The first-order valence-electron chi connectivity index (χ1n) is 13.4. The van der Waals surface area contributed by atoms with Crippen molar-refractivity contribution in [3.05, 3.63) is 65.7 Å². The van der Waals surface area contributed by atoms with Crippen LogP contribution in [0.2, 0.25) is 0 Å². The SMILES string of the molecule is CC(C)[C@H](NC(=O)[C@H](Cc1ccccc1)NC(=O)[C@@H](CCCCN)NC(=O)[C@@H](N)Cc1ccc(O)cc1)C(=O)O. The van der Waals surface area contributed by atoms with Crippen LogP contribution in [0.15, 0.2) is 54.6 Å². The molecule has 0 saturated heterocycles. The van der Waals surface area contributed by atoms with Crippen molar-refractivity contribution in [3.8, 4) is 5.75 Å². The van der Waals surface area contributed by atoms with Crippen molar-refractivity contribution in [2.24, 2.45) is 17.4 Å². The van der Waals surface area contributed by atoms with Crippen LogP contribution in [-0.2, 0) is 32.0 Å². The summed E-state index contributed by atoms with van der Waals surface area (Å²) in [5.74, 6) is -3.24. The van der Waals surface area contributed by atoms with Crippen LogP contribution >= 0.6 is 0 Å². The molecule has 0 aromatic heterocycles. The highest BCUT2D eigenvalue weighted by atomic mass is 16.4. The second-order valence-electron chi connectivity index (χ2n) is 10.1. The van der Waals surface area contributed by atoms with Crippen LogP contribution in [0.3, 0.4) is 0 Å². The number of amides is 3. The smallest absolute Gasteiger partial charge is 0.326 e. The number of phenols is 1. The molecule has 0 saturated carbocycles. The minimum absolute atomic E-state index is 0.0931. The number of nitrogens with one attached hydrogen (secondary N) is 3. The van der Waals surface area contributed by atoms with E-state index in [4.69, 9.17) is 11.5 Å². The molecule has 0 aliphatic rings. The van der Waals surface area contributed by atoms with Gasteiger partial charge >= 0.3 is 5.97 Å². The van der Waals surface area contributed by atoms with Crippen LogP contribution in [-0.4, -0.2) is 64.6 Å². The number of benzene rings is 2. The molecule has 2 aromatic carbocycles. The van der Waals surface area contributed by atoms with Gasteiger partial charge in [0, 0.05) is 6.42 Å². The van der Waals surface area contributed by atoms with Crippen molar-refractivity contribution in [1.29, 1.82) is 0 Å². The summed E-state index contributed by atoms with van der Waals surface area (Å²) in [6.07, 6.45) is 1.75. The van der Waals surface area contributed by atoms with Crippen molar-refractivity contribution in [1.82, 2.24) is 16.0 Å². The maximum absolute atomic E-state index is 13.4. The Kier molecular flexibility index (Phi) is 13.1. The first-order valence-corrected chi connectivity index (χ1v) is 13.4. The quantitative estimate of drug-likeness (QED) is 0.148. The van der Waals surface area contributed by atoms with Crippen LogP contribution in [0.1, 0.15) is 44.2 Å². The first kappa shape index (κ1) is 32.3. The van der Waals surface area contributed by atoms with Crippen LogP contribution in [0.4, 0.5) is 0 Å². The molecule has 2 aromatic rings. The molecule has 0 aliphatic carbocycles. The second kappa shape index (κ2) is 16.2. The van der Waals surface area contributed by atoms with Crippen molar-refractivity contribution < 1.29 is 29.4 Å². The van der Waals surface area contributed by atoms with Gasteiger partial charge in [-0.1, -0.05) is 56.3 Å². The highest BCUT2D eigenvalue weighted by molar-refractivity contribution is 5.94. The Morgan fingerprint density at radius 3 is 1.93 bits per heavy atom. The average Bonchev–Trinajstić information content (AvgIpc) is 2.92. The molecule has 3 amide bonds. The van der Waals surface area contributed by atoms with Crippen LogP contribution in [0.5, 0.6) is 5.75 Å². The molecular formula is C29H41N5O6. The molecule has 9 N–H and O–H groups in total. The second-order valence-corrected chi connectivity index (χ2v) is 10.1. The van der Waals surface area contributed by atoms with E-state index in [1.165, 1.54) is 12.1 Å². The van der Waals surface area contributed by atoms with E-state index in [1.807, 2.05) is 6.07 Å². The van der Waals surface area contributed by atoms with Gasteiger partial charge < -0.3 is 37.6 Å². The standard InChI is InChI=1S/C29H41N5O6/c1-18(2)25(29(39)40)34-28(38)24(17-19-8-4-3-5-9-19)33-27(37)23(10-6-7-15-30)32-26(36)22(31)16-20-11-13-21(35)14-12-20/h3-5,8-9,11-14,18,22-25,35H,6-7,10,15-17,30-31H2,1-2H3,(H,32,36)(H,33,37)(H,34,38)(H,39,40)/t22-,23+,24-,25-/m0/s1. The summed E-state index contributed by atoms with van der Waals surface area (Å²) in [5.41, 5.74) is 13.2. The number of aliphatic carboxylic acids is 1. The maximum atomic E-state index is 13.4. The number of hydrogen-bond donors (Lipinski definition) is 7. The fraction of sp³-hybridized carbons (Fsp3) is 0.448. The van der Waals surface area contributed by atoms with E-state index in [-0.39, 0.29) is 30.9 Å². The van der Waals surface area contributed by atoms with Crippen molar-refractivity contribution in [3.63, 3.8) is 0 Å². The molecule has 0 aliphatic heterocycles. The highest BCUT2D eigenvalue weighted by Gasteiger charge is 2.31. The van der Waals surface area contributed by atoms with Crippen molar-refractivity contribution in [2.75, 3.05) is 6.54 Å². The molecule has 0 radical (unpaired) electrons. The third kappa shape index (κ3) is 10.7. The van der Waals surface area contributed by atoms with Crippen molar-refractivity contribution in [2.45, 2.75) is 70.1 Å². The topological polar surface area (TPSA) is 197 Å². The Hall–Kier alpha value is -3.96. The third-order valence-electron chi connectivity index (χ3n) is 6.45. The van der Waals surface area contributed by atoms with Gasteiger partial charge in [0.05, 0.1) is 6.04 Å². The lowest BCUT2D eigenvalue weighted by molar-refractivity contribution is -0.143. The molecule has 0 bridgehead atoms. The van der Waals surface area contributed by atoms with E-state index in [1.54, 1.807) is 50.2 Å². The summed E-state index contributed by atoms with van der Waals surface area (Å²) >= 11 is 0. The summed E-state index contributed by atoms with van der Waals surface area (Å²) in [6.45, 7) is 3.76. The zero-order valence-electron chi connectivity index (χ0n) is 23.0. The summed E-state index contributed by atoms with van der Waals surface area (Å²) in [7, 11) is 0. The van der Waals surface area contributed by atoms with E-state index < -0.39 is 47.9 Å². The molecule has 11 heteroatoms. The highest BCUT2D eigenvalue weighted by Crippen LogP contribution is 2.12. The minimum Gasteiger partial charge on any atom is -0.508 e. The fourth-order valence-corrected chi connectivity index (χ4v) is 4.12. The number of carboxylic acids is 1.